The summed E-state index contributed by atoms with van der Waals surface area (Å²) in [7, 11) is -1.29. The Kier molecular flexibility index (Phi) is 9.54. The molecule has 1 aromatic heterocycles. The van der Waals surface area contributed by atoms with Gasteiger partial charge in [-0.15, -0.1) is 0 Å². The highest BCUT2D eigenvalue weighted by molar-refractivity contribution is 6.87. The van der Waals surface area contributed by atoms with E-state index in [-0.39, 0.29) is 0 Å². The van der Waals surface area contributed by atoms with E-state index in [0.717, 1.165) is 6.42 Å². The van der Waals surface area contributed by atoms with Crippen molar-refractivity contribution >= 4 is 13.5 Å². The molecule has 0 amide bonds. The molecule has 0 atom stereocenters. The van der Waals surface area contributed by atoms with Crippen LogP contribution in [0.2, 0.25) is 19.6 Å². The molecule has 22 heavy (non-hydrogen) atoms. The molecule has 0 fully saturated rings. The highest BCUT2D eigenvalue weighted by Gasteiger charge is 2.20. The van der Waals surface area contributed by atoms with Crippen molar-refractivity contribution in [3.8, 4) is 0 Å². The standard InChI is InChI=1S/C20H36OSi/c1-5-6-7-8-9-10-11-12-13-14-15-16-19-17-20(21-18-19)22(2,3)4/h14-15,17-18H,5-13,16H2,1-4H3. The van der Waals surface area contributed by atoms with Gasteiger partial charge in [0.1, 0.15) is 8.07 Å². The Balaban J connectivity index is 2.04. The largest absolute Gasteiger partial charge is 0.474 e. The Labute approximate surface area is 139 Å². The van der Waals surface area contributed by atoms with E-state index in [2.05, 4.69) is 44.8 Å². The van der Waals surface area contributed by atoms with Crippen molar-refractivity contribution in [1.82, 2.24) is 0 Å². The van der Waals surface area contributed by atoms with Crippen molar-refractivity contribution in [1.29, 1.82) is 0 Å². The van der Waals surface area contributed by atoms with Gasteiger partial charge < -0.3 is 4.42 Å². The Morgan fingerprint density at radius 3 is 2.14 bits per heavy atom. The second-order valence-corrected chi connectivity index (χ2v) is 12.5. The summed E-state index contributed by atoms with van der Waals surface area (Å²) in [4.78, 5) is 0. The molecule has 0 saturated carbocycles. The Hall–Kier alpha value is -0.763. The second-order valence-electron chi connectivity index (χ2n) is 7.51. The molecule has 0 radical (unpaired) electrons. The predicted molar refractivity (Wildman–Crippen MR) is 102 cm³/mol. The summed E-state index contributed by atoms with van der Waals surface area (Å²) < 4.78 is 5.71. The molecule has 126 valence electrons. The highest BCUT2D eigenvalue weighted by Crippen LogP contribution is 2.11. The molecule has 0 aliphatic rings. The van der Waals surface area contributed by atoms with E-state index in [0.29, 0.717) is 0 Å². The first-order valence-corrected chi connectivity index (χ1v) is 12.8. The Morgan fingerprint density at radius 2 is 1.55 bits per heavy atom. The molecular formula is C20H36OSi. The number of rotatable bonds is 12. The van der Waals surface area contributed by atoms with E-state index >= 15 is 0 Å². The fourth-order valence-corrected chi connectivity index (χ4v) is 3.64. The molecule has 0 aliphatic carbocycles. The molecule has 2 heteroatoms. The van der Waals surface area contributed by atoms with E-state index in [1.165, 1.54) is 68.7 Å². The molecule has 0 aliphatic heterocycles. The number of hydrogen-bond acceptors (Lipinski definition) is 1. The molecule has 0 aromatic carbocycles. The summed E-state index contributed by atoms with van der Waals surface area (Å²) in [6.45, 7) is 9.26. The van der Waals surface area contributed by atoms with Crippen LogP contribution in [0.25, 0.3) is 0 Å². The molecular weight excluding hydrogens is 284 g/mol. The molecule has 1 aromatic rings. The fraction of sp³-hybridized carbons (Fsp3) is 0.700. The van der Waals surface area contributed by atoms with E-state index in [1.54, 1.807) is 0 Å². The zero-order valence-corrected chi connectivity index (χ0v) is 16.3. The zero-order chi connectivity index (χ0) is 16.3. The summed E-state index contributed by atoms with van der Waals surface area (Å²) in [5, 5.41) is 1.22. The SMILES string of the molecule is CCCCCCCCCCC=CCc1coc([Si](C)(C)C)c1. The second kappa shape index (κ2) is 10.9. The van der Waals surface area contributed by atoms with Crippen molar-refractivity contribution in [2.24, 2.45) is 0 Å². The lowest BCUT2D eigenvalue weighted by Gasteiger charge is -2.10. The summed E-state index contributed by atoms with van der Waals surface area (Å²) in [6.07, 6.45) is 20.0. The lowest BCUT2D eigenvalue weighted by molar-refractivity contribution is 0.577. The van der Waals surface area contributed by atoms with E-state index in [4.69, 9.17) is 4.42 Å². The molecule has 0 N–H and O–H groups in total. The molecule has 0 unspecified atom stereocenters. The minimum absolute atomic E-state index is 1.02. The normalized spacial score (nSPS) is 12.4. The maximum absolute atomic E-state index is 5.71. The van der Waals surface area contributed by atoms with Gasteiger partial charge in [-0.25, -0.2) is 0 Å². The van der Waals surface area contributed by atoms with Crippen molar-refractivity contribution in [3.05, 3.63) is 30.0 Å². The number of unbranched alkanes of at least 4 members (excludes halogenated alkanes) is 8. The van der Waals surface area contributed by atoms with Gasteiger partial charge in [0.2, 0.25) is 0 Å². The predicted octanol–water partition coefficient (Wildman–Crippen LogP) is 6.45. The van der Waals surface area contributed by atoms with Crippen LogP contribution >= 0.6 is 0 Å². The third-order valence-electron chi connectivity index (χ3n) is 4.14. The van der Waals surface area contributed by atoms with Crippen molar-refractivity contribution < 1.29 is 4.42 Å². The quantitative estimate of drug-likeness (QED) is 0.245. The van der Waals surface area contributed by atoms with Gasteiger partial charge in [-0.3, -0.25) is 0 Å². The van der Waals surface area contributed by atoms with Gasteiger partial charge in [-0.2, -0.15) is 0 Å². The summed E-state index contributed by atoms with van der Waals surface area (Å²) in [5.74, 6) is 0. The molecule has 1 heterocycles. The smallest absolute Gasteiger partial charge is 0.123 e. The fourth-order valence-electron chi connectivity index (χ4n) is 2.61. The van der Waals surface area contributed by atoms with Crippen LogP contribution in [0.4, 0.5) is 0 Å². The summed E-state index contributed by atoms with van der Waals surface area (Å²) in [5.41, 5.74) is 1.32. The van der Waals surface area contributed by atoms with Crippen LogP contribution < -0.4 is 5.38 Å². The van der Waals surface area contributed by atoms with Gasteiger partial charge in [-0.05, 0) is 30.9 Å². The third-order valence-corrected chi connectivity index (χ3v) is 5.88. The highest BCUT2D eigenvalue weighted by atomic mass is 28.3. The first kappa shape index (κ1) is 19.3. The topological polar surface area (TPSA) is 13.1 Å². The van der Waals surface area contributed by atoms with Crippen LogP contribution in [0.5, 0.6) is 0 Å². The minimum atomic E-state index is -1.29. The van der Waals surface area contributed by atoms with E-state index in [9.17, 15) is 0 Å². The van der Waals surface area contributed by atoms with Crippen LogP contribution in [0, 0.1) is 0 Å². The molecule has 0 spiro atoms. The third kappa shape index (κ3) is 8.62. The first-order chi connectivity index (χ1) is 10.5. The Bertz CT molecular complexity index is 412. The number of hydrogen-bond donors (Lipinski definition) is 0. The lowest BCUT2D eigenvalue weighted by atomic mass is 10.1. The van der Waals surface area contributed by atoms with Gasteiger partial charge in [0, 0.05) is 0 Å². The van der Waals surface area contributed by atoms with Crippen molar-refractivity contribution in [3.63, 3.8) is 0 Å². The minimum Gasteiger partial charge on any atom is -0.474 e. The van der Waals surface area contributed by atoms with Crippen molar-refractivity contribution in [2.75, 3.05) is 0 Å². The van der Waals surface area contributed by atoms with Crippen LogP contribution in [0.15, 0.2) is 28.9 Å². The van der Waals surface area contributed by atoms with Gasteiger partial charge >= 0.3 is 0 Å². The van der Waals surface area contributed by atoms with Gasteiger partial charge in [0.15, 0.2) is 0 Å². The monoisotopic (exact) mass is 320 g/mol. The van der Waals surface area contributed by atoms with Crippen LogP contribution in [-0.4, -0.2) is 8.07 Å². The first-order valence-electron chi connectivity index (χ1n) is 9.27. The van der Waals surface area contributed by atoms with Gasteiger partial charge in [-0.1, -0.05) is 83.7 Å². The van der Waals surface area contributed by atoms with Gasteiger partial charge in [0.25, 0.3) is 0 Å². The molecule has 1 nitrogen and oxygen atoms in total. The van der Waals surface area contributed by atoms with Gasteiger partial charge in [0.05, 0.1) is 11.6 Å². The average molecular weight is 321 g/mol. The number of allylic oxidation sites excluding steroid dienone is 2. The molecule has 1 rings (SSSR count). The maximum Gasteiger partial charge on any atom is 0.123 e. The van der Waals surface area contributed by atoms with E-state index in [1.807, 2.05) is 6.26 Å². The maximum atomic E-state index is 5.71. The van der Waals surface area contributed by atoms with Crippen LogP contribution in [0.1, 0.15) is 70.3 Å². The van der Waals surface area contributed by atoms with Crippen molar-refractivity contribution in [2.45, 2.75) is 90.8 Å². The Morgan fingerprint density at radius 1 is 0.909 bits per heavy atom. The average Bonchev–Trinajstić information content (AvgIpc) is 2.94. The molecule has 0 saturated heterocycles. The molecule has 0 bridgehead atoms. The van der Waals surface area contributed by atoms with E-state index < -0.39 is 8.07 Å². The van der Waals surface area contributed by atoms with Crippen LogP contribution in [0.3, 0.4) is 0 Å². The lowest BCUT2D eigenvalue weighted by Crippen LogP contribution is -2.36. The van der Waals surface area contributed by atoms with Crippen LogP contribution in [-0.2, 0) is 6.42 Å². The zero-order valence-electron chi connectivity index (χ0n) is 15.3. The summed E-state index contributed by atoms with van der Waals surface area (Å²) in [6, 6.07) is 2.26. The summed E-state index contributed by atoms with van der Waals surface area (Å²) >= 11 is 0. The number of furan rings is 1.